The minimum atomic E-state index is -0.595. The van der Waals surface area contributed by atoms with Crippen LogP contribution in [0.3, 0.4) is 0 Å². The Morgan fingerprint density at radius 2 is 1.61 bits per heavy atom. The maximum Gasteiger partial charge on any atom is 0.255 e. The number of hydrogen-bond donors (Lipinski definition) is 2. The van der Waals surface area contributed by atoms with E-state index in [1.54, 1.807) is 4.90 Å². The van der Waals surface area contributed by atoms with Crippen LogP contribution in [-0.4, -0.2) is 75.8 Å². The number of nitrogens with one attached hydrogen (secondary N) is 2. The molecule has 0 aliphatic carbocycles. The first kappa shape index (κ1) is 30.3. The van der Waals surface area contributed by atoms with Gasteiger partial charge in [-0.05, 0) is 105 Å². The van der Waals surface area contributed by atoms with E-state index in [0.29, 0.717) is 29.9 Å². The number of carbonyl (C=O) groups excluding carboxylic acids is 3. The van der Waals surface area contributed by atoms with E-state index in [4.69, 9.17) is 0 Å². The van der Waals surface area contributed by atoms with Gasteiger partial charge < -0.3 is 15.1 Å². The number of fused-ring (bicyclic) bond motifs is 1. The summed E-state index contributed by atoms with van der Waals surface area (Å²) in [6.07, 6.45) is 8.63. The molecule has 240 valence electrons. The third-order valence-corrected chi connectivity index (χ3v) is 10.3. The number of imide groups is 1. The molecule has 0 spiro atoms. The van der Waals surface area contributed by atoms with Crippen molar-refractivity contribution < 1.29 is 14.4 Å². The number of benzene rings is 2. The molecule has 0 saturated carbocycles. The Kier molecular flexibility index (Phi) is 8.46. The number of anilines is 2. The lowest BCUT2D eigenvalue weighted by Crippen LogP contribution is -2.53. The maximum absolute atomic E-state index is 13.3. The Balaban J connectivity index is 0.896. The minimum absolute atomic E-state index is 0.112. The Hall–Kier alpha value is -4.31. The van der Waals surface area contributed by atoms with E-state index < -0.39 is 6.04 Å². The average Bonchev–Trinajstić information content (AvgIpc) is 3.32. The van der Waals surface area contributed by atoms with Gasteiger partial charge in [0, 0.05) is 55.7 Å². The molecule has 3 aromatic rings. The number of amides is 3. The van der Waals surface area contributed by atoms with Gasteiger partial charge in [0.2, 0.25) is 17.8 Å². The summed E-state index contributed by atoms with van der Waals surface area (Å²) in [5.41, 5.74) is 6.65. The van der Waals surface area contributed by atoms with Gasteiger partial charge in [0.25, 0.3) is 5.91 Å². The van der Waals surface area contributed by atoms with Crippen LogP contribution in [-0.2, 0) is 16.1 Å². The second kappa shape index (κ2) is 12.8. The van der Waals surface area contributed by atoms with Gasteiger partial charge in [0.1, 0.15) is 6.04 Å². The minimum Gasteiger partial charge on any atom is -0.371 e. The highest BCUT2D eigenvalue weighted by atomic mass is 16.2. The Morgan fingerprint density at radius 3 is 2.30 bits per heavy atom. The van der Waals surface area contributed by atoms with Crippen LogP contribution in [0.5, 0.6) is 0 Å². The van der Waals surface area contributed by atoms with Crippen LogP contribution in [0.4, 0.5) is 11.6 Å². The van der Waals surface area contributed by atoms with E-state index >= 15 is 0 Å². The molecule has 10 heteroatoms. The van der Waals surface area contributed by atoms with Crippen LogP contribution >= 0.6 is 0 Å². The average molecular weight is 622 g/mol. The summed E-state index contributed by atoms with van der Waals surface area (Å²) in [4.78, 5) is 52.9. The number of aryl methyl sites for hydroxylation is 1. The molecule has 1 aromatic heterocycles. The van der Waals surface area contributed by atoms with Crippen LogP contribution in [0.2, 0.25) is 0 Å². The van der Waals surface area contributed by atoms with E-state index in [-0.39, 0.29) is 30.2 Å². The fourth-order valence-electron chi connectivity index (χ4n) is 7.63. The van der Waals surface area contributed by atoms with Crippen molar-refractivity contribution in [2.75, 3.05) is 36.4 Å². The second-order valence-corrected chi connectivity index (χ2v) is 13.4. The van der Waals surface area contributed by atoms with Gasteiger partial charge in [-0.15, -0.1) is 0 Å². The molecule has 4 aliphatic heterocycles. The van der Waals surface area contributed by atoms with Gasteiger partial charge in [-0.1, -0.05) is 24.3 Å². The molecule has 3 amide bonds. The van der Waals surface area contributed by atoms with Gasteiger partial charge in [-0.3, -0.25) is 24.6 Å². The third-order valence-electron chi connectivity index (χ3n) is 10.3. The SMILES string of the molecule is Cc1cnc(NC2CCN(c3ccc(CN4CCC(c5ccc6c(c5)C(C)N(C5CCC(=O)NC5=O)C6=O)CC4)cc3)CC2)nc1. The summed E-state index contributed by atoms with van der Waals surface area (Å²) in [6, 6.07) is 14.9. The zero-order valence-corrected chi connectivity index (χ0v) is 26.7. The van der Waals surface area contributed by atoms with Crippen molar-refractivity contribution in [3.05, 3.63) is 82.7 Å². The lowest BCUT2D eigenvalue weighted by atomic mass is 9.87. The maximum atomic E-state index is 13.3. The fraction of sp³-hybridized carbons (Fsp3) is 0.472. The number of carbonyl (C=O) groups is 3. The topological polar surface area (TPSA) is 111 Å². The van der Waals surface area contributed by atoms with Crippen molar-refractivity contribution >= 4 is 29.4 Å². The summed E-state index contributed by atoms with van der Waals surface area (Å²) in [6.45, 7) is 9.04. The van der Waals surface area contributed by atoms with E-state index in [0.717, 1.165) is 69.5 Å². The van der Waals surface area contributed by atoms with Crippen molar-refractivity contribution in [3.8, 4) is 0 Å². The zero-order valence-electron chi connectivity index (χ0n) is 26.7. The fourth-order valence-corrected chi connectivity index (χ4v) is 7.63. The summed E-state index contributed by atoms with van der Waals surface area (Å²) < 4.78 is 0. The van der Waals surface area contributed by atoms with Crippen molar-refractivity contribution in [1.82, 2.24) is 25.1 Å². The molecule has 7 rings (SSSR count). The lowest BCUT2D eigenvalue weighted by molar-refractivity contribution is -0.137. The molecule has 3 saturated heterocycles. The number of nitrogens with zero attached hydrogens (tertiary/aromatic N) is 5. The van der Waals surface area contributed by atoms with Gasteiger partial charge >= 0.3 is 0 Å². The number of rotatable bonds is 7. The molecule has 2 atom stereocenters. The number of piperidine rings is 3. The smallest absolute Gasteiger partial charge is 0.255 e. The van der Waals surface area contributed by atoms with Gasteiger partial charge in [-0.25, -0.2) is 9.97 Å². The number of aromatic nitrogens is 2. The number of likely N-dealkylation sites (tertiary alicyclic amines) is 1. The zero-order chi connectivity index (χ0) is 31.8. The van der Waals surface area contributed by atoms with Gasteiger partial charge in [0.05, 0.1) is 6.04 Å². The van der Waals surface area contributed by atoms with Crippen LogP contribution in [0.15, 0.2) is 54.9 Å². The predicted octanol–water partition coefficient (Wildman–Crippen LogP) is 4.57. The standard InChI is InChI=1S/C36H43N7O3/c1-23-20-37-36(38-21-23)39-28-13-17-42(18-14-28)29-6-3-25(4-7-29)22-41-15-11-26(12-16-41)27-5-8-30-31(19-27)24(2)43(35(30)46)32-9-10-33(44)40-34(32)45/h3-8,19-21,24,26,28,32H,9-18,22H2,1-2H3,(H,37,38,39)(H,40,44,45). The van der Waals surface area contributed by atoms with Gasteiger partial charge in [-0.2, -0.15) is 0 Å². The first-order chi connectivity index (χ1) is 22.3. The molecule has 0 bridgehead atoms. The first-order valence-corrected chi connectivity index (χ1v) is 16.7. The molecule has 2 N–H and O–H groups in total. The molecule has 2 unspecified atom stereocenters. The highest BCUT2D eigenvalue weighted by Crippen LogP contribution is 2.39. The molecule has 10 nitrogen and oxygen atoms in total. The van der Waals surface area contributed by atoms with E-state index in [9.17, 15) is 14.4 Å². The molecular formula is C36H43N7O3. The molecule has 3 fully saturated rings. The quantitative estimate of drug-likeness (QED) is 0.370. The van der Waals surface area contributed by atoms with Crippen LogP contribution < -0.4 is 15.5 Å². The van der Waals surface area contributed by atoms with E-state index in [2.05, 4.69) is 66.8 Å². The highest BCUT2D eigenvalue weighted by molar-refractivity contribution is 6.05. The highest BCUT2D eigenvalue weighted by Gasteiger charge is 2.43. The molecule has 46 heavy (non-hydrogen) atoms. The van der Waals surface area contributed by atoms with Crippen LogP contribution in [0, 0.1) is 6.92 Å². The van der Waals surface area contributed by atoms with E-state index in [1.807, 2.05) is 32.3 Å². The molecule has 4 aliphatic rings. The van der Waals surface area contributed by atoms with Crippen molar-refractivity contribution in [2.24, 2.45) is 0 Å². The molecule has 2 aromatic carbocycles. The summed E-state index contributed by atoms with van der Waals surface area (Å²) in [5, 5.41) is 5.89. The molecular weight excluding hydrogens is 578 g/mol. The van der Waals surface area contributed by atoms with E-state index in [1.165, 1.54) is 16.8 Å². The molecule has 0 radical (unpaired) electrons. The van der Waals surface area contributed by atoms with Crippen LogP contribution in [0.1, 0.15) is 90.0 Å². The van der Waals surface area contributed by atoms with Gasteiger partial charge in [0.15, 0.2) is 0 Å². The normalized spacial score (nSPS) is 23.0. The summed E-state index contributed by atoms with van der Waals surface area (Å²) in [5.74, 6) is 0.423. The Labute approximate surface area is 270 Å². The summed E-state index contributed by atoms with van der Waals surface area (Å²) >= 11 is 0. The largest absolute Gasteiger partial charge is 0.371 e. The monoisotopic (exact) mass is 621 g/mol. The second-order valence-electron chi connectivity index (χ2n) is 13.4. The van der Waals surface area contributed by atoms with Crippen molar-refractivity contribution in [3.63, 3.8) is 0 Å². The lowest BCUT2D eigenvalue weighted by Gasteiger charge is -2.34. The predicted molar refractivity (Wildman–Crippen MR) is 177 cm³/mol. The number of hydrogen-bond acceptors (Lipinski definition) is 8. The third kappa shape index (κ3) is 6.23. The first-order valence-electron chi connectivity index (χ1n) is 16.7. The Morgan fingerprint density at radius 1 is 0.891 bits per heavy atom. The van der Waals surface area contributed by atoms with Crippen LogP contribution in [0.25, 0.3) is 0 Å². The Bertz CT molecular complexity index is 1590. The van der Waals surface area contributed by atoms with Crippen molar-refractivity contribution in [2.45, 2.75) is 83.0 Å². The summed E-state index contributed by atoms with van der Waals surface area (Å²) in [7, 11) is 0. The van der Waals surface area contributed by atoms with Crippen molar-refractivity contribution in [1.29, 1.82) is 0 Å². The molecule has 5 heterocycles.